The summed E-state index contributed by atoms with van der Waals surface area (Å²) in [7, 11) is 1.54. The van der Waals surface area contributed by atoms with E-state index in [-0.39, 0.29) is 18.4 Å². The third kappa shape index (κ3) is 7.47. The van der Waals surface area contributed by atoms with Gasteiger partial charge >= 0.3 is 5.97 Å². The van der Waals surface area contributed by atoms with Crippen LogP contribution in [0, 0.1) is 17.7 Å². The first kappa shape index (κ1) is 28.8. The quantitative estimate of drug-likeness (QED) is 0.259. The van der Waals surface area contributed by atoms with Gasteiger partial charge in [-0.15, -0.1) is 0 Å². The first-order valence-electron chi connectivity index (χ1n) is 14.0. The number of ether oxygens (including phenoxy) is 3. The highest BCUT2D eigenvalue weighted by atomic mass is 19.1. The van der Waals surface area contributed by atoms with E-state index in [1.54, 1.807) is 12.1 Å². The minimum absolute atomic E-state index is 0.00267. The van der Waals surface area contributed by atoms with Crippen molar-refractivity contribution in [3.05, 3.63) is 60.0 Å². The van der Waals surface area contributed by atoms with E-state index in [1.807, 2.05) is 39.0 Å². The van der Waals surface area contributed by atoms with Gasteiger partial charge in [0, 0.05) is 29.4 Å². The molecule has 39 heavy (non-hydrogen) atoms. The lowest BCUT2D eigenvalue weighted by Crippen LogP contribution is -2.28. The van der Waals surface area contributed by atoms with Crippen molar-refractivity contribution in [2.45, 2.75) is 71.9 Å². The Labute approximate surface area is 231 Å². The van der Waals surface area contributed by atoms with Crippen molar-refractivity contribution in [1.82, 2.24) is 9.78 Å². The van der Waals surface area contributed by atoms with Crippen molar-refractivity contribution < 1.29 is 23.4 Å². The molecule has 1 aromatic heterocycles. The number of benzene rings is 2. The third-order valence-corrected chi connectivity index (χ3v) is 7.28. The number of esters is 1. The summed E-state index contributed by atoms with van der Waals surface area (Å²) in [6.07, 6.45) is 5.02. The summed E-state index contributed by atoms with van der Waals surface area (Å²) in [5, 5.41) is 5.01. The summed E-state index contributed by atoms with van der Waals surface area (Å²) in [6.45, 7) is 9.07. The van der Waals surface area contributed by atoms with E-state index < -0.39 is 5.60 Å². The van der Waals surface area contributed by atoms with Gasteiger partial charge in [-0.1, -0.05) is 37.3 Å². The van der Waals surface area contributed by atoms with Crippen LogP contribution in [-0.4, -0.2) is 41.7 Å². The van der Waals surface area contributed by atoms with E-state index in [1.165, 1.54) is 13.2 Å². The summed E-state index contributed by atoms with van der Waals surface area (Å²) in [5.41, 5.74) is 3.80. The predicted octanol–water partition coefficient (Wildman–Crippen LogP) is 7.09. The molecule has 0 saturated heterocycles. The molecule has 0 unspecified atom stereocenters. The van der Waals surface area contributed by atoms with E-state index in [0.29, 0.717) is 35.4 Å². The number of methoxy groups -OCH3 is 1. The Morgan fingerprint density at radius 3 is 2.36 bits per heavy atom. The summed E-state index contributed by atoms with van der Waals surface area (Å²) < 4.78 is 33.6. The molecule has 210 valence electrons. The summed E-state index contributed by atoms with van der Waals surface area (Å²) in [4.78, 5) is 11.9. The van der Waals surface area contributed by atoms with E-state index in [0.717, 1.165) is 55.5 Å². The van der Waals surface area contributed by atoms with Gasteiger partial charge < -0.3 is 14.2 Å². The molecule has 1 heterocycles. The zero-order chi connectivity index (χ0) is 28.0. The monoisotopic (exact) mass is 536 g/mol. The SMILES string of the molecule is CCc1c(-c2ccccc2)c(-c2ccc(OC)cc2F)nn1CC1CCC(COCC(=O)OC(C)(C)C)CC1. The lowest BCUT2D eigenvalue weighted by atomic mass is 9.82. The van der Waals surface area contributed by atoms with Crippen LogP contribution in [0.2, 0.25) is 0 Å². The minimum atomic E-state index is -0.498. The Morgan fingerprint density at radius 1 is 1.05 bits per heavy atom. The van der Waals surface area contributed by atoms with Gasteiger partial charge in [0.2, 0.25) is 0 Å². The molecule has 6 nitrogen and oxygen atoms in total. The highest BCUT2D eigenvalue weighted by Gasteiger charge is 2.26. The lowest BCUT2D eigenvalue weighted by Gasteiger charge is -2.28. The van der Waals surface area contributed by atoms with Gasteiger partial charge in [0.05, 0.1) is 13.7 Å². The van der Waals surface area contributed by atoms with Crippen LogP contribution in [0.15, 0.2) is 48.5 Å². The van der Waals surface area contributed by atoms with Gasteiger partial charge in [-0.05, 0) is 82.4 Å². The fraction of sp³-hybridized carbons (Fsp3) is 0.500. The van der Waals surface area contributed by atoms with Crippen molar-refractivity contribution >= 4 is 5.97 Å². The third-order valence-electron chi connectivity index (χ3n) is 7.28. The van der Waals surface area contributed by atoms with Crippen molar-refractivity contribution in [3.63, 3.8) is 0 Å². The van der Waals surface area contributed by atoms with Crippen molar-refractivity contribution in [3.8, 4) is 28.1 Å². The molecular weight excluding hydrogens is 495 g/mol. The van der Waals surface area contributed by atoms with Gasteiger partial charge in [0.25, 0.3) is 0 Å². The molecular formula is C32H41FN2O4. The van der Waals surface area contributed by atoms with Gasteiger partial charge in [-0.3, -0.25) is 4.68 Å². The molecule has 4 rings (SSSR count). The summed E-state index contributed by atoms with van der Waals surface area (Å²) in [6, 6.07) is 15.1. The summed E-state index contributed by atoms with van der Waals surface area (Å²) in [5.74, 6) is 0.746. The van der Waals surface area contributed by atoms with Crippen LogP contribution in [0.1, 0.15) is 59.1 Å². The number of hydrogen-bond donors (Lipinski definition) is 0. The first-order valence-corrected chi connectivity index (χ1v) is 14.0. The molecule has 0 radical (unpaired) electrons. The molecule has 0 spiro atoms. The molecule has 2 aromatic carbocycles. The maximum absolute atomic E-state index is 15.2. The average molecular weight is 537 g/mol. The Kier molecular flexibility index (Phi) is 9.44. The predicted molar refractivity (Wildman–Crippen MR) is 151 cm³/mol. The minimum Gasteiger partial charge on any atom is -0.497 e. The van der Waals surface area contributed by atoms with Crippen LogP contribution in [0.4, 0.5) is 4.39 Å². The number of nitrogens with zero attached hydrogens (tertiary/aromatic N) is 2. The van der Waals surface area contributed by atoms with Crippen molar-refractivity contribution in [1.29, 1.82) is 0 Å². The van der Waals surface area contributed by atoms with E-state index in [9.17, 15) is 4.79 Å². The topological polar surface area (TPSA) is 62.6 Å². The highest BCUT2D eigenvalue weighted by Crippen LogP contribution is 2.38. The number of carbonyl (C=O) groups is 1. The molecule has 3 aromatic rings. The molecule has 0 amide bonds. The zero-order valence-corrected chi connectivity index (χ0v) is 23.8. The normalized spacial score (nSPS) is 17.7. The Balaban J connectivity index is 1.47. The molecule has 7 heteroatoms. The molecule has 1 saturated carbocycles. The largest absolute Gasteiger partial charge is 0.497 e. The van der Waals surface area contributed by atoms with Crippen LogP contribution >= 0.6 is 0 Å². The number of aromatic nitrogens is 2. The zero-order valence-electron chi connectivity index (χ0n) is 23.8. The van der Waals surface area contributed by atoms with Crippen molar-refractivity contribution in [2.75, 3.05) is 20.3 Å². The number of halogens is 1. The second kappa shape index (κ2) is 12.8. The van der Waals surface area contributed by atoms with E-state index >= 15 is 4.39 Å². The number of rotatable bonds is 10. The highest BCUT2D eigenvalue weighted by molar-refractivity contribution is 5.83. The van der Waals surface area contributed by atoms with E-state index in [2.05, 4.69) is 23.7 Å². The van der Waals surface area contributed by atoms with Crippen LogP contribution < -0.4 is 4.74 Å². The second-order valence-corrected chi connectivity index (χ2v) is 11.4. The molecule has 0 aliphatic heterocycles. The van der Waals surface area contributed by atoms with Crippen LogP contribution in [-0.2, 0) is 27.2 Å². The van der Waals surface area contributed by atoms with Gasteiger partial charge in [0.15, 0.2) is 0 Å². The second-order valence-electron chi connectivity index (χ2n) is 11.4. The molecule has 0 N–H and O–H groups in total. The number of hydrogen-bond acceptors (Lipinski definition) is 5. The Morgan fingerprint density at radius 2 is 1.74 bits per heavy atom. The smallest absolute Gasteiger partial charge is 0.332 e. The van der Waals surface area contributed by atoms with E-state index in [4.69, 9.17) is 19.3 Å². The van der Waals surface area contributed by atoms with Crippen LogP contribution in [0.25, 0.3) is 22.4 Å². The number of carbonyl (C=O) groups excluding carboxylic acids is 1. The molecule has 1 aliphatic carbocycles. The Hall–Kier alpha value is -3.19. The fourth-order valence-electron chi connectivity index (χ4n) is 5.42. The van der Waals surface area contributed by atoms with Gasteiger partial charge in [-0.2, -0.15) is 5.10 Å². The molecule has 0 bridgehead atoms. The van der Waals surface area contributed by atoms with Gasteiger partial charge in [0.1, 0.15) is 29.5 Å². The molecule has 1 fully saturated rings. The summed E-state index contributed by atoms with van der Waals surface area (Å²) >= 11 is 0. The molecule has 1 aliphatic rings. The van der Waals surface area contributed by atoms with Gasteiger partial charge in [-0.25, -0.2) is 9.18 Å². The standard InChI is InChI=1S/C32H41FN2O4/c1-6-28-30(24-10-8-7-9-11-24)31(26-17-16-25(37-5)18-27(26)33)34-35(28)19-22-12-14-23(15-13-22)20-38-21-29(36)39-32(2,3)4/h7-11,16-18,22-23H,6,12-15,19-21H2,1-5H3. The van der Waals surface area contributed by atoms with Crippen LogP contribution in [0.5, 0.6) is 5.75 Å². The van der Waals surface area contributed by atoms with Crippen molar-refractivity contribution in [2.24, 2.45) is 11.8 Å². The fourth-order valence-corrected chi connectivity index (χ4v) is 5.42. The Bertz CT molecular complexity index is 1240. The molecule has 0 atom stereocenters. The maximum atomic E-state index is 15.2. The van der Waals surface area contributed by atoms with Crippen LogP contribution in [0.3, 0.4) is 0 Å². The lowest BCUT2D eigenvalue weighted by molar-refractivity contribution is -0.160. The first-order chi connectivity index (χ1) is 18.7. The average Bonchev–Trinajstić information content (AvgIpc) is 3.26. The maximum Gasteiger partial charge on any atom is 0.332 e.